The van der Waals surface area contributed by atoms with Gasteiger partial charge in [-0.3, -0.25) is 9.78 Å². The second-order valence-electron chi connectivity index (χ2n) is 6.42. The third-order valence-corrected chi connectivity index (χ3v) is 4.48. The summed E-state index contributed by atoms with van der Waals surface area (Å²) in [5.74, 6) is 0.0997. The number of para-hydroxylation sites is 1. The van der Waals surface area contributed by atoms with Gasteiger partial charge in [0.2, 0.25) is 5.95 Å². The molecule has 6 N–H and O–H groups in total. The maximum absolute atomic E-state index is 12.4. The normalized spacial score (nSPS) is 11.0. The largest absolute Gasteiger partial charge is 0.399 e. The van der Waals surface area contributed by atoms with Crippen LogP contribution in [0.3, 0.4) is 0 Å². The molecule has 0 fully saturated rings. The molecule has 0 aliphatic heterocycles. The van der Waals surface area contributed by atoms with Crippen molar-refractivity contribution < 1.29 is 0 Å². The smallest absolute Gasteiger partial charge is 0.262 e. The second kappa shape index (κ2) is 6.87. The lowest BCUT2D eigenvalue weighted by Crippen LogP contribution is -2.23. The number of fused-ring (bicyclic) bond motifs is 1. The molecule has 7 nitrogen and oxygen atoms in total. The molecule has 0 saturated carbocycles. The Bertz CT molecular complexity index is 1110. The van der Waals surface area contributed by atoms with Crippen LogP contribution in [0.2, 0.25) is 0 Å². The number of hydrogen-bond donors (Lipinski definition) is 4. The lowest BCUT2D eigenvalue weighted by molar-refractivity contribution is 0.803. The summed E-state index contributed by atoms with van der Waals surface area (Å²) in [5.41, 5.74) is 15.5. The highest BCUT2D eigenvalue weighted by Gasteiger charge is 2.15. The number of aromatic nitrogens is 3. The first kappa shape index (κ1) is 16.7. The molecular weight excluding hydrogens is 340 g/mol. The topological polar surface area (TPSA) is 117 Å². The van der Waals surface area contributed by atoms with E-state index < -0.39 is 0 Å². The minimum absolute atomic E-state index is 0.0997. The van der Waals surface area contributed by atoms with E-state index in [0.29, 0.717) is 24.1 Å². The molecular formula is C20H20N6O. The molecule has 0 amide bonds. The highest BCUT2D eigenvalue weighted by molar-refractivity contribution is 5.79. The fourth-order valence-corrected chi connectivity index (χ4v) is 3.17. The van der Waals surface area contributed by atoms with Crippen molar-refractivity contribution in [1.29, 1.82) is 0 Å². The van der Waals surface area contributed by atoms with E-state index in [4.69, 9.17) is 11.5 Å². The van der Waals surface area contributed by atoms with Crippen LogP contribution in [-0.2, 0) is 13.1 Å². The predicted octanol–water partition coefficient (Wildman–Crippen LogP) is 2.62. The summed E-state index contributed by atoms with van der Waals surface area (Å²) in [4.78, 5) is 24.3. The number of nitrogen functional groups attached to an aromatic ring is 2. The van der Waals surface area contributed by atoms with Crippen LogP contribution in [0.4, 0.5) is 17.3 Å². The number of hydrogen-bond acceptors (Lipinski definition) is 5. The zero-order valence-electron chi connectivity index (χ0n) is 14.6. The van der Waals surface area contributed by atoms with E-state index in [2.05, 4.69) is 19.9 Å². The number of nitrogens with two attached hydrogens (primary N) is 2. The SMILES string of the molecule is Nc1ccc(CN(Cc2c[nH]c3nc(N)[nH]c(=O)c23)c2ccccc2)cc1. The molecule has 0 radical (unpaired) electrons. The fourth-order valence-electron chi connectivity index (χ4n) is 3.17. The second-order valence-corrected chi connectivity index (χ2v) is 6.42. The Labute approximate surface area is 155 Å². The molecule has 2 heterocycles. The van der Waals surface area contributed by atoms with Crippen molar-refractivity contribution >= 4 is 28.4 Å². The van der Waals surface area contributed by atoms with Gasteiger partial charge in [0.25, 0.3) is 5.56 Å². The van der Waals surface area contributed by atoms with Gasteiger partial charge in [-0.2, -0.15) is 4.98 Å². The molecule has 2 aromatic heterocycles. The van der Waals surface area contributed by atoms with Gasteiger partial charge in [-0.05, 0) is 29.8 Å². The van der Waals surface area contributed by atoms with Gasteiger partial charge in [-0.25, -0.2) is 0 Å². The van der Waals surface area contributed by atoms with Gasteiger partial charge in [0.15, 0.2) is 0 Å². The summed E-state index contributed by atoms with van der Waals surface area (Å²) in [7, 11) is 0. The minimum Gasteiger partial charge on any atom is -0.399 e. The average Bonchev–Trinajstić information content (AvgIpc) is 3.06. The summed E-state index contributed by atoms with van der Waals surface area (Å²) < 4.78 is 0. The molecule has 0 spiro atoms. The van der Waals surface area contributed by atoms with Crippen molar-refractivity contribution in [1.82, 2.24) is 15.0 Å². The third kappa shape index (κ3) is 3.48. The fraction of sp³-hybridized carbons (Fsp3) is 0.100. The lowest BCUT2D eigenvalue weighted by Gasteiger charge is -2.25. The highest BCUT2D eigenvalue weighted by atomic mass is 16.1. The van der Waals surface area contributed by atoms with E-state index in [1.807, 2.05) is 60.8 Å². The van der Waals surface area contributed by atoms with E-state index in [0.717, 1.165) is 22.5 Å². The van der Waals surface area contributed by atoms with Gasteiger partial charge in [-0.1, -0.05) is 30.3 Å². The average molecular weight is 360 g/mol. The molecule has 0 saturated heterocycles. The molecule has 0 bridgehead atoms. The Morgan fingerprint density at radius 1 is 0.963 bits per heavy atom. The Kier molecular flexibility index (Phi) is 4.25. The van der Waals surface area contributed by atoms with Crippen LogP contribution >= 0.6 is 0 Å². The van der Waals surface area contributed by atoms with Crippen LogP contribution in [0.5, 0.6) is 0 Å². The van der Waals surface area contributed by atoms with E-state index in [1.54, 1.807) is 0 Å². The number of H-pyrrole nitrogens is 2. The first-order valence-electron chi connectivity index (χ1n) is 8.60. The van der Waals surface area contributed by atoms with Gasteiger partial charge >= 0.3 is 0 Å². The van der Waals surface area contributed by atoms with E-state index in [1.165, 1.54) is 0 Å². The Morgan fingerprint density at radius 2 is 1.70 bits per heavy atom. The van der Waals surface area contributed by atoms with E-state index >= 15 is 0 Å². The van der Waals surface area contributed by atoms with E-state index in [-0.39, 0.29) is 11.5 Å². The van der Waals surface area contributed by atoms with Crippen molar-refractivity contribution in [2.24, 2.45) is 0 Å². The molecule has 0 aliphatic carbocycles. The van der Waals surface area contributed by atoms with Gasteiger partial charge < -0.3 is 21.4 Å². The van der Waals surface area contributed by atoms with Gasteiger partial charge in [0.05, 0.1) is 5.39 Å². The lowest BCUT2D eigenvalue weighted by atomic mass is 10.1. The quantitative estimate of drug-likeness (QED) is 0.408. The molecule has 2 aromatic carbocycles. The van der Waals surface area contributed by atoms with Crippen LogP contribution in [0.25, 0.3) is 11.0 Å². The molecule has 0 unspecified atom stereocenters. The van der Waals surface area contributed by atoms with Crippen LogP contribution in [-0.4, -0.2) is 15.0 Å². The minimum atomic E-state index is -0.241. The number of benzene rings is 2. The van der Waals surface area contributed by atoms with Crippen molar-refractivity contribution in [3.63, 3.8) is 0 Å². The predicted molar refractivity (Wildman–Crippen MR) is 108 cm³/mol. The Morgan fingerprint density at radius 3 is 2.44 bits per heavy atom. The first-order valence-corrected chi connectivity index (χ1v) is 8.60. The number of anilines is 3. The van der Waals surface area contributed by atoms with Crippen LogP contribution in [0.1, 0.15) is 11.1 Å². The van der Waals surface area contributed by atoms with Gasteiger partial charge in [0, 0.05) is 36.2 Å². The summed E-state index contributed by atoms with van der Waals surface area (Å²) in [6.45, 7) is 1.22. The number of nitrogens with one attached hydrogen (secondary N) is 2. The molecule has 4 rings (SSSR count). The molecule has 27 heavy (non-hydrogen) atoms. The molecule has 4 aromatic rings. The summed E-state index contributed by atoms with van der Waals surface area (Å²) in [5, 5.41) is 0.530. The van der Waals surface area contributed by atoms with Crippen molar-refractivity contribution in [3.05, 3.63) is 82.3 Å². The number of aromatic amines is 2. The number of rotatable bonds is 5. The molecule has 136 valence electrons. The summed E-state index contributed by atoms with van der Waals surface area (Å²) in [6, 6.07) is 17.9. The van der Waals surface area contributed by atoms with Crippen molar-refractivity contribution in [2.45, 2.75) is 13.1 Å². The maximum atomic E-state index is 12.4. The molecule has 7 heteroatoms. The van der Waals surface area contributed by atoms with Gasteiger partial charge in [-0.15, -0.1) is 0 Å². The summed E-state index contributed by atoms with van der Waals surface area (Å²) in [6.07, 6.45) is 1.81. The van der Waals surface area contributed by atoms with Gasteiger partial charge in [0.1, 0.15) is 5.65 Å². The molecule has 0 atom stereocenters. The monoisotopic (exact) mass is 360 g/mol. The number of nitrogens with zero attached hydrogens (tertiary/aromatic N) is 2. The molecule has 0 aliphatic rings. The Hall–Kier alpha value is -3.74. The van der Waals surface area contributed by atoms with Crippen LogP contribution in [0, 0.1) is 0 Å². The van der Waals surface area contributed by atoms with E-state index in [9.17, 15) is 4.79 Å². The van der Waals surface area contributed by atoms with Crippen LogP contribution < -0.4 is 21.9 Å². The zero-order chi connectivity index (χ0) is 18.8. The third-order valence-electron chi connectivity index (χ3n) is 4.48. The maximum Gasteiger partial charge on any atom is 0.262 e. The summed E-state index contributed by atoms with van der Waals surface area (Å²) >= 11 is 0. The zero-order valence-corrected chi connectivity index (χ0v) is 14.6. The Balaban J connectivity index is 1.71. The standard InChI is InChI=1S/C20H20N6O/c21-15-8-6-13(7-9-15)11-26(16-4-2-1-3-5-16)12-14-10-23-18-17(14)19(27)25-20(22)24-18/h1-10H,11-12,21H2,(H4,22,23,24,25,27). The van der Waals surface area contributed by atoms with Crippen molar-refractivity contribution in [3.8, 4) is 0 Å². The first-order chi connectivity index (χ1) is 13.1. The van der Waals surface area contributed by atoms with Crippen molar-refractivity contribution in [2.75, 3.05) is 16.4 Å². The van der Waals surface area contributed by atoms with Crippen LogP contribution in [0.15, 0.2) is 65.6 Å². The highest BCUT2D eigenvalue weighted by Crippen LogP contribution is 2.23.